The van der Waals surface area contributed by atoms with Crippen molar-refractivity contribution < 1.29 is 17.9 Å². The summed E-state index contributed by atoms with van der Waals surface area (Å²) in [6.45, 7) is 2.00. The third-order valence-electron chi connectivity index (χ3n) is 2.31. The van der Waals surface area contributed by atoms with E-state index >= 15 is 0 Å². The molecule has 0 aliphatic heterocycles. The molecule has 0 saturated carbocycles. The van der Waals surface area contributed by atoms with Crippen LogP contribution in [0.3, 0.4) is 0 Å². The van der Waals surface area contributed by atoms with E-state index in [0.29, 0.717) is 10.9 Å². The predicted octanol–water partition coefficient (Wildman–Crippen LogP) is 1.45. The molecule has 1 aromatic rings. The lowest BCUT2D eigenvalue weighted by Crippen LogP contribution is -2.25. The molecule has 0 bridgehead atoms. The van der Waals surface area contributed by atoms with E-state index in [1.54, 1.807) is 13.0 Å². The number of aryl methyl sites for hydroxylation is 1. The van der Waals surface area contributed by atoms with Gasteiger partial charge in [0.05, 0.1) is 17.6 Å². The monoisotopic (exact) mass is 335 g/mol. The number of carbonyl (C=O) groups excluding carboxylic acids is 1. The molecule has 0 spiro atoms. The van der Waals surface area contributed by atoms with E-state index in [0.717, 1.165) is 0 Å². The average Bonchev–Trinajstić information content (AvgIpc) is 2.35. The number of halogens is 1. The zero-order chi connectivity index (χ0) is 13.8. The molecular formula is C11H14BrNO4S. The van der Waals surface area contributed by atoms with E-state index in [9.17, 15) is 13.2 Å². The van der Waals surface area contributed by atoms with Crippen molar-refractivity contribution in [2.75, 3.05) is 19.0 Å². The first kappa shape index (κ1) is 15.1. The summed E-state index contributed by atoms with van der Waals surface area (Å²) in [7, 11) is -2.34. The summed E-state index contributed by atoms with van der Waals surface area (Å²) in [5.41, 5.74) is 0.917. The maximum absolute atomic E-state index is 11.9. The Hall–Kier alpha value is -0.920. The van der Waals surface area contributed by atoms with E-state index in [-0.39, 0.29) is 17.0 Å². The summed E-state index contributed by atoms with van der Waals surface area (Å²) in [6, 6.07) is 4.35. The molecule has 0 saturated heterocycles. The molecule has 0 atom stereocenters. The van der Waals surface area contributed by atoms with Crippen LogP contribution >= 0.6 is 15.9 Å². The largest absolute Gasteiger partial charge is 0.465 e. The van der Waals surface area contributed by atoms with Crippen molar-refractivity contribution >= 4 is 31.9 Å². The van der Waals surface area contributed by atoms with Crippen LogP contribution in [0.4, 0.5) is 0 Å². The minimum Gasteiger partial charge on any atom is -0.465 e. The molecule has 0 fully saturated rings. The van der Waals surface area contributed by atoms with Gasteiger partial charge in [-0.15, -0.1) is 0 Å². The number of ether oxygens (including phenoxy) is 1. The number of nitrogens with one attached hydrogen (secondary N) is 1. The third-order valence-corrected chi connectivity index (χ3v) is 4.17. The molecule has 0 aliphatic carbocycles. The highest BCUT2D eigenvalue weighted by Crippen LogP contribution is 2.16. The number of benzene rings is 1. The van der Waals surface area contributed by atoms with E-state index < -0.39 is 16.0 Å². The van der Waals surface area contributed by atoms with Gasteiger partial charge in [-0.25, -0.2) is 17.9 Å². The van der Waals surface area contributed by atoms with Gasteiger partial charge < -0.3 is 4.74 Å². The topological polar surface area (TPSA) is 72.5 Å². The van der Waals surface area contributed by atoms with Crippen LogP contribution < -0.4 is 4.72 Å². The van der Waals surface area contributed by atoms with Gasteiger partial charge in [-0.3, -0.25) is 0 Å². The van der Waals surface area contributed by atoms with Gasteiger partial charge in [-0.1, -0.05) is 22.0 Å². The first-order valence-corrected chi connectivity index (χ1v) is 7.77. The SMILES string of the molecule is COC(=O)c1cc(S(=O)(=O)NCCBr)ccc1C. The number of hydrogen-bond donors (Lipinski definition) is 1. The molecule has 0 heterocycles. The molecule has 1 aromatic carbocycles. The average molecular weight is 336 g/mol. The number of alkyl halides is 1. The summed E-state index contributed by atoms with van der Waals surface area (Å²) in [5.74, 6) is -0.551. The second-order valence-corrected chi connectivity index (χ2v) is 6.12. The molecule has 0 unspecified atom stereocenters. The highest BCUT2D eigenvalue weighted by atomic mass is 79.9. The van der Waals surface area contributed by atoms with Gasteiger partial charge in [0.25, 0.3) is 0 Å². The van der Waals surface area contributed by atoms with E-state index in [2.05, 4.69) is 25.4 Å². The molecule has 1 rings (SSSR count). The van der Waals surface area contributed by atoms with Gasteiger partial charge in [0, 0.05) is 11.9 Å². The first-order valence-electron chi connectivity index (χ1n) is 5.17. The maximum atomic E-state index is 11.9. The third kappa shape index (κ3) is 3.54. The van der Waals surface area contributed by atoms with Crippen molar-refractivity contribution in [1.29, 1.82) is 0 Å². The van der Waals surface area contributed by atoms with Crippen LogP contribution in [0.2, 0.25) is 0 Å². The van der Waals surface area contributed by atoms with E-state index in [4.69, 9.17) is 0 Å². The fraction of sp³-hybridized carbons (Fsp3) is 0.364. The number of rotatable bonds is 5. The fourth-order valence-corrected chi connectivity index (χ4v) is 2.87. The highest BCUT2D eigenvalue weighted by Gasteiger charge is 2.17. The lowest BCUT2D eigenvalue weighted by atomic mass is 10.1. The zero-order valence-corrected chi connectivity index (χ0v) is 12.5. The van der Waals surface area contributed by atoms with Crippen LogP contribution in [-0.4, -0.2) is 33.4 Å². The second kappa shape index (κ2) is 6.31. The van der Waals surface area contributed by atoms with Crippen molar-refractivity contribution in [3.8, 4) is 0 Å². The van der Waals surface area contributed by atoms with E-state index in [1.165, 1.54) is 19.2 Å². The molecular weight excluding hydrogens is 322 g/mol. The number of carbonyl (C=O) groups is 1. The Labute approximate surface area is 115 Å². The molecule has 7 heteroatoms. The Morgan fingerprint density at radius 1 is 1.44 bits per heavy atom. The van der Waals surface area contributed by atoms with Gasteiger partial charge in [-0.2, -0.15) is 0 Å². The van der Waals surface area contributed by atoms with Crippen molar-refractivity contribution in [3.63, 3.8) is 0 Å². The summed E-state index contributed by atoms with van der Waals surface area (Å²) in [5, 5.41) is 0.516. The molecule has 100 valence electrons. The van der Waals surface area contributed by atoms with Crippen molar-refractivity contribution in [1.82, 2.24) is 4.72 Å². The lowest BCUT2D eigenvalue weighted by Gasteiger charge is -2.08. The van der Waals surface area contributed by atoms with Crippen molar-refractivity contribution in [2.45, 2.75) is 11.8 Å². The zero-order valence-electron chi connectivity index (χ0n) is 10.1. The standard InChI is InChI=1S/C11H14BrNO4S/c1-8-3-4-9(7-10(8)11(14)17-2)18(15,16)13-6-5-12/h3-4,7,13H,5-6H2,1-2H3. The Morgan fingerprint density at radius 2 is 2.11 bits per heavy atom. The number of sulfonamides is 1. The molecule has 0 amide bonds. The minimum atomic E-state index is -3.59. The summed E-state index contributed by atoms with van der Waals surface area (Å²) >= 11 is 3.13. The highest BCUT2D eigenvalue weighted by molar-refractivity contribution is 9.09. The molecule has 5 nitrogen and oxygen atoms in total. The van der Waals surface area contributed by atoms with Crippen molar-refractivity contribution in [2.24, 2.45) is 0 Å². The smallest absolute Gasteiger partial charge is 0.338 e. The van der Waals surface area contributed by atoms with Crippen LogP contribution in [-0.2, 0) is 14.8 Å². The summed E-state index contributed by atoms with van der Waals surface area (Å²) in [4.78, 5) is 11.5. The minimum absolute atomic E-state index is 0.0504. The quantitative estimate of drug-likeness (QED) is 0.653. The summed E-state index contributed by atoms with van der Waals surface area (Å²) in [6.07, 6.45) is 0. The normalized spacial score (nSPS) is 11.3. The Bertz CT molecular complexity index is 542. The van der Waals surface area contributed by atoms with Crippen LogP contribution in [0.1, 0.15) is 15.9 Å². The van der Waals surface area contributed by atoms with Crippen LogP contribution in [0.5, 0.6) is 0 Å². The van der Waals surface area contributed by atoms with Gasteiger partial charge in [-0.05, 0) is 24.6 Å². The van der Waals surface area contributed by atoms with Gasteiger partial charge in [0.1, 0.15) is 0 Å². The number of esters is 1. The van der Waals surface area contributed by atoms with Crippen molar-refractivity contribution in [3.05, 3.63) is 29.3 Å². The second-order valence-electron chi connectivity index (χ2n) is 3.56. The van der Waals surface area contributed by atoms with Crippen LogP contribution in [0, 0.1) is 6.92 Å². The Balaban J connectivity index is 3.16. The lowest BCUT2D eigenvalue weighted by molar-refractivity contribution is 0.0599. The Morgan fingerprint density at radius 3 is 2.67 bits per heavy atom. The van der Waals surface area contributed by atoms with Crippen LogP contribution in [0.25, 0.3) is 0 Å². The molecule has 0 aromatic heterocycles. The Kier molecular flexibility index (Phi) is 5.30. The molecule has 1 N–H and O–H groups in total. The molecule has 18 heavy (non-hydrogen) atoms. The fourth-order valence-electron chi connectivity index (χ4n) is 1.35. The number of hydrogen-bond acceptors (Lipinski definition) is 4. The molecule has 0 aliphatic rings. The molecule has 0 radical (unpaired) electrons. The van der Waals surface area contributed by atoms with E-state index in [1.807, 2.05) is 0 Å². The van der Waals surface area contributed by atoms with Gasteiger partial charge in [0.15, 0.2) is 0 Å². The van der Waals surface area contributed by atoms with Crippen LogP contribution in [0.15, 0.2) is 23.1 Å². The maximum Gasteiger partial charge on any atom is 0.338 e. The summed E-state index contributed by atoms with van der Waals surface area (Å²) < 4.78 is 30.8. The van der Waals surface area contributed by atoms with Gasteiger partial charge >= 0.3 is 5.97 Å². The first-order chi connectivity index (χ1) is 8.42. The number of methoxy groups -OCH3 is 1. The van der Waals surface area contributed by atoms with Gasteiger partial charge in [0.2, 0.25) is 10.0 Å². The predicted molar refractivity (Wildman–Crippen MR) is 71.5 cm³/mol.